The van der Waals surface area contributed by atoms with Gasteiger partial charge in [-0.05, 0) is 39.8 Å². The Labute approximate surface area is 214 Å². The molecule has 4 amide bonds. The van der Waals surface area contributed by atoms with Crippen molar-refractivity contribution in [3.05, 3.63) is 48.0 Å². The van der Waals surface area contributed by atoms with Crippen LogP contribution in [0.1, 0.15) is 44.9 Å². The molecular weight excluding hydrogens is 506 g/mol. The number of aryl methyl sites for hydroxylation is 1. The van der Waals surface area contributed by atoms with E-state index in [1.807, 2.05) is 6.92 Å². The summed E-state index contributed by atoms with van der Waals surface area (Å²) in [6.45, 7) is 6.68. The van der Waals surface area contributed by atoms with Crippen molar-refractivity contribution in [3.8, 4) is 0 Å². The highest BCUT2D eigenvalue weighted by molar-refractivity contribution is 7.90. The van der Waals surface area contributed by atoms with Gasteiger partial charge < -0.3 is 20.2 Å². The van der Waals surface area contributed by atoms with Crippen LogP contribution in [-0.4, -0.2) is 64.6 Å². The molecule has 0 aliphatic carbocycles. The Morgan fingerprint density at radius 3 is 2.30 bits per heavy atom. The molecule has 2 heterocycles. The van der Waals surface area contributed by atoms with Gasteiger partial charge in [-0.1, -0.05) is 17.7 Å². The molecule has 1 saturated heterocycles. The van der Waals surface area contributed by atoms with Crippen LogP contribution in [0.3, 0.4) is 0 Å². The fraction of sp³-hybridized carbons (Fsp3) is 0.435. The molecule has 13 nitrogen and oxygen atoms in total. The van der Waals surface area contributed by atoms with Gasteiger partial charge in [0.15, 0.2) is 0 Å². The molecule has 1 atom stereocenters. The highest BCUT2D eigenvalue weighted by atomic mass is 32.2. The topological polar surface area (TPSA) is 166 Å². The number of ether oxygens (including phenoxy) is 1. The minimum absolute atomic E-state index is 0.0114. The first-order valence-electron chi connectivity index (χ1n) is 11.4. The van der Waals surface area contributed by atoms with E-state index in [1.165, 1.54) is 18.3 Å². The summed E-state index contributed by atoms with van der Waals surface area (Å²) in [6, 6.07) is 5.53. The third kappa shape index (κ3) is 7.52. The van der Waals surface area contributed by atoms with Crippen molar-refractivity contribution >= 4 is 34.0 Å². The van der Waals surface area contributed by atoms with Crippen molar-refractivity contribution in [1.29, 1.82) is 0 Å². The van der Waals surface area contributed by atoms with E-state index in [1.54, 1.807) is 32.9 Å². The van der Waals surface area contributed by atoms with Crippen molar-refractivity contribution in [3.63, 3.8) is 0 Å². The number of hydroxylamine groups is 2. The normalized spacial score (nSPS) is 14.9. The standard InChI is InChI=1S/C23H29N5O8S/c1-15-5-7-18(8-6-15)37(33,34)27-13-17(25-14-27)11-16(26-22(32)35-23(2,3)4)12-24-21(31)36-28-19(29)9-10-20(28)30/h5-8,13-14,16H,9-12H2,1-4H3,(H,24,31)(H,26,32)/t16-/m0/s1. The molecular formula is C23H29N5O8S. The minimum Gasteiger partial charge on any atom is -0.444 e. The molecule has 0 radical (unpaired) electrons. The number of rotatable bonds is 8. The molecule has 2 N–H and O–H groups in total. The van der Waals surface area contributed by atoms with Gasteiger partial charge >= 0.3 is 12.2 Å². The fourth-order valence-corrected chi connectivity index (χ4v) is 4.45. The first kappa shape index (κ1) is 27.6. The first-order chi connectivity index (χ1) is 17.2. The monoisotopic (exact) mass is 535 g/mol. The Bertz CT molecular complexity index is 1260. The van der Waals surface area contributed by atoms with Gasteiger partial charge in [0.05, 0.1) is 16.6 Å². The lowest BCUT2D eigenvalue weighted by atomic mass is 10.1. The van der Waals surface area contributed by atoms with Crippen LogP contribution in [0.5, 0.6) is 0 Å². The Kier molecular flexibility index (Phi) is 8.21. The number of nitrogens with one attached hydrogen (secondary N) is 2. The van der Waals surface area contributed by atoms with E-state index in [9.17, 15) is 27.6 Å². The van der Waals surface area contributed by atoms with Crippen LogP contribution in [0.4, 0.5) is 9.59 Å². The minimum atomic E-state index is -3.88. The number of benzene rings is 1. The number of hydrogen-bond donors (Lipinski definition) is 2. The SMILES string of the molecule is Cc1ccc(S(=O)(=O)n2cnc(C[C@@H](CNC(=O)ON3C(=O)CCC3=O)NC(=O)OC(C)(C)C)c2)cc1. The number of nitrogens with zero attached hydrogens (tertiary/aromatic N) is 3. The van der Waals surface area contributed by atoms with Crippen LogP contribution in [-0.2, 0) is 35.6 Å². The molecule has 0 spiro atoms. The van der Waals surface area contributed by atoms with Crippen LogP contribution in [0, 0.1) is 6.92 Å². The molecule has 0 saturated carbocycles. The largest absolute Gasteiger partial charge is 0.444 e. The number of imidazole rings is 1. The Balaban J connectivity index is 1.71. The lowest BCUT2D eigenvalue weighted by Crippen LogP contribution is -2.47. The molecule has 1 fully saturated rings. The molecule has 1 aromatic carbocycles. The molecule has 3 rings (SSSR count). The van der Waals surface area contributed by atoms with Gasteiger partial charge in [-0.25, -0.2) is 27.0 Å². The van der Waals surface area contributed by atoms with Gasteiger partial charge in [-0.2, -0.15) is 0 Å². The van der Waals surface area contributed by atoms with Gasteiger partial charge in [0, 0.05) is 32.0 Å². The van der Waals surface area contributed by atoms with E-state index >= 15 is 0 Å². The van der Waals surface area contributed by atoms with E-state index < -0.39 is 45.7 Å². The smallest absolute Gasteiger partial charge is 0.432 e. The van der Waals surface area contributed by atoms with Gasteiger partial charge in [-0.15, -0.1) is 5.06 Å². The van der Waals surface area contributed by atoms with Gasteiger partial charge in [0.25, 0.3) is 21.8 Å². The number of carbonyl (C=O) groups excluding carboxylic acids is 4. The lowest BCUT2D eigenvalue weighted by molar-refractivity contribution is -0.171. The van der Waals surface area contributed by atoms with Crippen molar-refractivity contribution in [2.24, 2.45) is 0 Å². The average molecular weight is 536 g/mol. The number of aromatic nitrogens is 2. The maximum absolute atomic E-state index is 12.9. The Morgan fingerprint density at radius 2 is 1.70 bits per heavy atom. The van der Waals surface area contributed by atoms with E-state index in [2.05, 4.69) is 15.6 Å². The molecule has 200 valence electrons. The van der Waals surface area contributed by atoms with Crippen LogP contribution in [0.2, 0.25) is 0 Å². The van der Waals surface area contributed by atoms with Crippen LogP contribution < -0.4 is 10.6 Å². The van der Waals surface area contributed by atoms with Gasteiger partial charge in [0.2, 0.25) is 0 Å². The molecule has 0 unspecified atom stereocenters. The quantitative estimate of drug-likeness (QED) is 0.478. The van der Waals surface area contributed by atoms with Crippen LogP contribution in [0.25, 0.3) is 0 Å². The zero-order valence-electron chi connectivity index (χ0n) is 20.9. The first-order valence-corrected chi connectivity index (χ1v) is 12.8. The van der Waals surface area contributed by atoms with Crippen molar-refractivity contribution < 1.29 is 37.2 Å². The lowest BCUT2D eigenvalue weighted by Gasteiger charge is -2.23. The summed E-state index contributed by atoms with van der Waals surface area (Å²) in [5, 5.41) is 5.37. The number of amides is 4. The predicted molar refractivity (Wildman–Crippen MR) is 128 cm³/mol. The summed E-state index contributed by atoms with van der Waals surface area (Å²) in [7, 11) is -3.88. The third-order valence-corrected chi connectivity index (χ3v) is 6.68. The molecule has 0 bridgehead atoms. The zero-order valence-corrected chi connectivity index (χ0v) is 21.7. The fourth-order valence-electron chi connectivity index (χ4n) is 3.29. The highest BCUT2D eigenvalue weighted by Gasteiger charge is 2.33. The zero-order chi connectivity index (χ0) is 27.4. The van der Waals surface area contributed by atoms with E-state index in [4.69, 9.17) is 9.57 Å². The Morgan fingerprint density at radius 1 is 1.08 bits per heavy atom. The third-order valence-electron chi connectivity index (χ3n) is 5.06. The molecule has 1 aliphatic rings. The summed E-state index contributed by atoms with van der Waals surface area (Å²) < 4.78 is 32.0. The number of imide groups is 1. The maximum Gasteiger partial charge on any atom is 0.432 e. The van der Waals surface area contributed by atoms with Crippen molar-refractivity contribution in [1.82, 2.24) is 24.7 Å². The summed E-state index contributed by atoms with van der Waals surface area (Å²) in [6.07, 6.45) is 0.500. The molecule has 37 heavy (non-hydrogen) atoms. The second-order valence-corrected chi connectivity index (χ2v) is 11.2. The summed E-state index contributed by atoms with van der Waals surface area (Å²) in [5.41, 5.74) is 0.420. The second-order valence-electron chi connectivity index (χ2n) is 9.40. The summed E-state index contributed by atoms with van der Waals surface area (Å²) in [4.78, 5) is 56.8. The van der Waals surface area contributed by atoms with Crippen LogP contribution in [0.15, 0.2) is 41.7 Å². The molecule has 1 aliphatic heterocycles. The molecule has 2 aromatic rings. The highest BCUT2D eigenvalue weighted by Crippen LogP contribution is 2.16. The molecule has 1 aromatic heterocycles. The maximum atomic E-state index is 12.9. The summed E-state index contributed by atoms with van der Waals surface area (Å²) in [5.74, 6) is -1.27. The predicted octanol–water partition coefficient (Wildman–Crippen LogP) is 1.65. The molecule has 14 heteroatoms. The van der Waals surface area contributed by atoms with E-state index in [0.717, 1.165) is 15.9 Å². The summed E-state index contributed by atoms with van der Waals surface area (Å²) >= 11 is 0. The number of carbonyl (C=O) groups is 4. The average Bonchev–Trinajstić information content (AvgIpc) is 3.39. The second kappa shape index (κ2) is 11.0. The van der Waals surface area contributed by atoms with Crippen molar-refractivity contribution in [2.45, 2.75) is 63.5 Å². The van der Waals surface area contributed by atoms with E-state index in [-0.39, 0.29) is 30.7 Å². The van der Waals surface area contributed by atoms with Gasteiger partial charge in [0.1, 0.15) is 11.9 Å². The number of alkyl carbamates (subject to hydrolysis) is 1. The van der Waals surface area contributed by atoms with Crippen molar-refractivity contribution in [2.75, 3.05) is 6.54 Å². The van der Waals surface area contributed by atoms with Crippen LogP contribution >= 0.6 is 0 Å². The Hall–Kier alpha value is -3.94. The van der Waals surface area contributed by atoms with E-state index in [0.29, 0.717) is 10.8 Å². The van der Waals surface area contributed by atoms with Gasteiger partial charge in [-0.3, -0.25) is 9.59 Å². The number of hydrogen-bond acceptors (Lipinski definition) is 9.